The first kappa shape index (κ1) is 8.44. The molecule has 1 saturated heterocycles. The second-order valence-corrected chi connectivity index (χ2v) is 4.23. The predicted molar refractivity (Wildman–Crippen MR) is 53.7 cm³/mol. The highest BCUT2D eigenvalue weighted by Gasteiger charge is 2.21. The van der Waals surface area contributed by atoms with Gasteiger partial charge in [-0.3, -0.25) is 0 Å². The fourth-order valence-electron chi connectivity index (χ4n) is 1.64. The van der Waals surface area contributed by atoms with Gasteiger partial charge in [0.05, 0.1) is 12.0 Å². The van der Waals surface area contributed by atoms with E-state index in [4.69, 9.17) is 14.2 Å². The predicted octanol–water partition coefficient (Wildman–Crippen LogP) is 2.18. The zero-order valence-electron chi connectivity index (χ0n) is 7.56. The molecule has 0 amide bonds. The number of hydrogen-bond donors (Lipinski definition) is 0. The van der Waals surface area contributed by atoms with Gasteiger partial charge in [0, 0.05) is 5.75 Å². The maximum atomic E-state index is 5.57. The van der Waals surface area contributed by atoms with Crippen LogP contribution in [-0.4, -0.2) is 18.5 Å². The van der Waals surface area contributed by atoms with Crippen molar-refractivity contribution in [2.45, 2.75) is 6.10 Å². The zero-order chi connectivity index (χ0) is 9.38. The van der Waals surface area contributed by atoms with E-state index >= 15 is 0 Å². The summed E-state index contributed by atoms with van der Waals surface area (Å²) >= 11 is 1.82. The second-order valence-electron chi connectivity index (χ2n) is 3.26. The van der Waals surface area contributed by atoms with E-state index in [2.05, 4.69) is 0 Å². The molecule has 74 valence electrons. The molecular formula is C10H10O3S. The van der Waals surface area contributed by atoms with Crippen molar-refractivity contribution in [2.75, 3.05) is 18.5 Å². The Bertz CT molecular complexity index is 347. The Labute approximate surface area is 86.3 Å². The Morgan fingerprint density at radius 2 is 2.14 bits per heavy atom. The minimum absolute atomic E-state index is 0.217. The molecule has 4 heteroatoms. The van der Waals surface area contributed by atoms with Crippen molar-refractivity contribution in [1.82, 2.24) is 0 Å². The highest BCUT2D eigenvalue weighted by Crippen LogP contribution is 2.37. The third-order valence-corrected chi connectivity index (χ3v) is 3.23. The topological polar surface area (TPSA) is 27.7 Å². The smallest absolute Gasteiger partial charge is 0.231 e. The monoisotopic (exact) mass is 210 g/mol. The molecule has 0 aromatic heterocycles. The van der Waals surface area contributed by atoms with Gasteiger partial charge >= 0.3 is 0 Å². The molecule has 1 atom stereocenters. The van der Waals surface area contributed by atoms with Crippen LogP contribution in [-0.2, 0) is 4.74 Å². The third-order valence-electron chi connectivity index (χ3n) is 2.39. The van der Waals surface area contributed by atoms with Crippen LogP contribution < -0.4 is 9.47 Å². The van der Waals surface area contributed by atoms with E-state index in [1.807, 2.05) is 30.0 Å². The third kappa shape index (κ3) is 1.35. The van der Waals surface area contributed by atoms with Crippen molar-refractivity contribution >= 4 is 11.8 Å². The van der Waals surface area contributed by atoms with Gasteiger partial charge in [0.15, 0.2) is 11.5 Å². The van der Waals surface area contributed by atoms with Crippen molar-refractivity contribution in [3.05, 3.63) is 23.8 Å². The van der Waals surface area contributed by atoms with Gasteiger partial charge in [0.25, 0.3) is 0 Å². The van der Waals surface area contributed by atoms with E-state index in [1.165, 1.54) is 5.56 Å². The van der Waals surface area contributed by atoms with E-state index in [0.717, 1.165) is 23.2 Å². The Kier molecular flexibility index (Phi) is 2.03. The Hall–Kier alpha value is -0.870. The molecule has 0 aliphatic carbocycles. The van der Waals surface area contributed by atoms with E-state index < -0.39 is 0 Å². The van der Waals surface area contributed by atoms with Gasteiger partial charge in [0.2, 0.25) is 6.79 Å². The molecule has 1 aromatic carbocycles. The lowest BCUT2D eigenvalue weighted by Gasteiger charge is -2.08. The standard InChI is InChI=1S/C10H10O3S/c1-2-8-9(12-5-11-8)3-7(1)10-4-14-6-13-10/h1-3,10H,4-6H2. The number of benzene rings is 1. The number of fused-ring (bicyclic) bond motifs is 1. The zero-order valence-corrected chi connectivity index (χ0v) is 8.38. The summed E-state index contributed by atoms with van der Waals surface area (Å²) in [5.74, 6) is 3.49. The number of hydrogen-bond acceptors (Lipinski definition) is 4. The molecule has 1 fully saturated rings. The van der Waals surface area contributed by atoms with E-state index in [9.17, 15) is 0 Å². The van der Waals surface area contributed by atoms with Gasteiger partial charge in [-0.15, -0.1) is 11.8 Å². The first-order valence-corrected chi connectivity index (χ1v) is 5.68. The van der Waals surface area contributed by atoms with Crippen molar-refractivity contribution < 1.29 is 14.2 Å². The van der Waals surface area contributed by atoms with Crippen molar-refractivity contribution in [3.8, 4) is 11.5 Å². The lowest BCUT2D eigenvalue weighted by Crippen LogP contribution is -1.98. The minimum Gasteiger partial charge on any atom is -0.454 e. The normalized spacial score (nSPS) is 24.1. The Morgan fingerprint density at radius 3 is 3.00 bits per heavy atom. The molecule has 0 N–H and O–H groups in total. The summed E-state index contributed by atoms with van der Waals surface area (Å²) in [5.41, 5.74) is 1.18. The summed E-state index contributed by atoms with van der Waals surface area (Å²) in [4.78, 5) is 0. The summed E-state index contributed by atoms with van der Waals surface area (Å²) < 4.78 is 16.1. The van der Waals surface area contributed by atoms with E-state index in [-0.39, 0.29) is 6.10 Å². The molecule has 14 heavy (non-hydrogen) atoms. The molecule has 0 saturated carbocycles. The number of rotatable bonds is 1. The first-order chi connectivity index (χ1) is 6.93. The van der Waals surface area contributed by atoms with Crippen LogP contribution in [0.3, 0.4) is 0 Å². The average molecular weight is 210 g/mol. The van der Waals surface area contributed by atoms with Crippen molar-refractivity contribution in [1.29, 1.82) is 0 Å². The van der Waals surface area contributed by atoms with Crippen LogP contribution in [0.4, 0.5) is 0 Å². The maximum Gasteiger partial charge on any atom is 0.231 e. The van der Waals surface area contributed by atoms with Crippen LogP contribution in [0.5, 0.6) is 11.5 Å². The summed E-state index contributed by atoms with van der Waals surface area (Å²) in [6, 6.07) is 6.01. The fourth-order valence-corrected chi connectivity index (χ4v) is 2.50. The van der Waals surface area contributed by atoms with Crippen LogP contribution in [0, 0.1) is 0 Å². The highest BCUT2D eigenvalue weighted by atomic mass is 32.2. The molecule has 0 bridgehead atoms. The minimum atomic E-state index is 0.217. The SMILES string of the molecule is c1cc2c(cc1C1CSCO1)OCO2. The molecule has 2 aliphatic rings. The molecule has 2 heterocycles. The van der Waals surface area contributed by atoms with Crippen molar-refractivity contribution in [3.63, 3.8) is 0 Å². The van der Waals surface area contributed by atoms with E-state index in [0.29, 0.717) is 6.79 Å². The molecular weight excluding hydrogens is 200 g/mol. The largest absolute Gasteiger partial charge is 0.454 e. The summed E-state index contributed by atoms with van der Waals surface area (Å²) in [5, 5.41) is 0. The molecule has 2 aliphatic heterocycles. The van der Waals surface area contributed by atoms with Gasteiger partial charge < -0.3 is 14.2 Å². The van der Waals surface area contributed by atoms with Gasteiger partial charge in [-0.05, 0) is 17.7 Å². The molecule has 1 unspecified atom stereocenters. The highest BCUT2D eigenvalue weighted by molar-refractivity contribution is 7.99. The van der Waals surface area contributed by atoms with Crippen molar-refractivity contribution in [2.24, 2.45) is 0 Å². The molecule has 0 spiro atoms. The van der Waals surface area contributed by atoms with Gasteiger partial charge in [0.1, 0.15) is 0 Å². The van der Waals surface area contributed by atoms with Crippen LogP contribution >= 0.6 is 11.8 Å². The van der Waals surface area contributed by atoms with Crippen LogP contribution in [0.25, 0.3) is 0 Å². The summed E-state index contributed by atoms with van der Waals surface area (Å²) in [6.07, 6.45) is 0.217. The van der Waals surface area contributed by atoms with Crippen LogP contribution in [0.1, 0.15) is 11.7 Å². The molecule has 0 radical (unpaired) electrons. The number of thioether (sulfide) groups is 1. The Balaban J connectivity index is 1.91. The first-order valence-electron chi connectivity index (χ1n) is 4.52. The maximum absolute atomic E-state index is 5.57. The van der Waals surface area contributed by atoms with Gasteiger partial charge in [-0.25, -0.2) is 0 Å². The van der Waals surface area contributed by atoms with Gasteiger partial charge in [-0.2, -0.15) is 0 Å². The fraction of sp³-hybridized carbons (Fsp3) is 0.400. The Morgan fingerprint density at radius 1 is 1.21 bits per heavy atom. The number of ether oxygens (including phenoxy) is 3. The van der Waals surface area contributed by atoms with Gasteiger partial charge in [-0.1, -0.05) is 6.07 Å². The quantitative estimate of drug-likeness (QED) is 0.710. The summed E-state index contributed by atoms with van der Waals surface area (Å²) in [7, 11) is 0. The van der Waals surface area contributed by atoms with Crippen LogP contribution in [0.2, 0.25) is 0 Å². The summed E-state index contributed by atoms with van der Waals surface area (Å²) in [6.45, 7) is 0.332. The second kappa shape index (κ2) is 3.37. The molecule has 3 rings (SSSR count). The lowest BCUT2D eigenvalue weighted by molar-refractivity contribution is 0.125. The molecule has 1 aromatic rings. The average Bonchev–Trinajstić information content (AvgIpc) is 2.88. The van der Waals surface area contributed by atoms with Crippen LogP contribution in [0.15, 0.2) is 18.2 Å². The van der Waals surface area contributed by atoms with E-state index in [1.54, 1.807) is 0 Å². The molecule has 3 nitrogen and oxygen atoms in total. The lowest BCUT2D eigenvalue weighted by atomic mass is 10.1.